The van der Waals surface area contributed by atoms with Gasteiger partial charge in [0.25, 0.3) is 11.8 Å². The number of hydroxylamine groups is 2. The Labute approximate surface area is 116 Å². The van der Waals surface area contributed by atoms with E-state index in [0.29, 0.717) is 11.1 Å². The molecule has 0 aromatic heterocycles. The van der Waals surface area contributed by atoms with Crippen molar-refractivity contribution in [2.45, 2.75) is 13.0 Å². The first-order valence-electron chi connectivity index (χ1n) is 6.38. The van der Waals surface area contributed by atoms with Gasteiger partial charge in [-0.3, -0.25) is 14.4 Å². The first-order chi connectivity index (χ1) is 9.68. The summed E-state index contributed by atoms with van der Waals surface area (Å²) in [5, 5.41) is 0.850. The molecule has 0 radical (unpaired) electrons. The Bertz CT molecular complexity index is 631. The second kappa shape index (κ2) is 4.90. The minimum absolute atomic E-state index is 0.376. The number of rotatable bonds is 3. The predicted molar refractivity (Wildman–Crippen MR) is 72.9 cm³/mol. The van der Waals surface area contributed by atoms with Gasteiger partial charge in [-0.05, 0) is 24.6 Å². The molecule has 0 aliphatic carbocycles. The lowest BCUT2D eigenvalue weighted by Gasteiger charge is -2.19. The van der Waals surface area contributed by atoms with E-state index in [9.17, 15) is 9.59 Å². The minimum atomic E-state index is -0.409. The maximum Gasteiger partial charge on any atom is 0.285 e. The first-order valence-corrected chi connectivity index (χ1v) is 6.38. The lowest BCUT2D eigenvalue weighted by molar-refractivity contribution is -0.128. The van der Waals surface area contributed by atoms with Crippen LogP contribution >= 0.6 is 0 Å². The quantitative estimate of drug-likeness (QED) is 0.803. The van der Waals surface area contributed by atoms with E-state index in [2.05, 4.69) is 0 Å². The van der Waals surface area contributed by atoms with Crippen LogP contribution in [0, 0.1) is 0 Å². The van der Waals surface area contributed by atoms with Crippen LogP contribution in [0.1, 0.15) is 39.3 Å². The molecule has 1 atom stereocenters. The largest absolute Gasteiger partial charge is 0.285 e. The fourth-order valence-electron chi connectivity index (χ4n) is 2.21. The summed E-state index contributed by atoms with van der Waals surface area (Å²) in [7, 11) is 0. The summed E-state index contributed by atoms with van der Waals surface area (Å²) in [6.45, 7) is 1.80. The van der Waals surface area contributed by atoms with Crippen LogP contribution in [0.4, 0.5) is 0 Å². The Balaban J connectivity index is 1.84. The molecule has 3 rings (SSSR count). The van der Waals surface area contributed by atoms with Crippen molar-refractivity contribution < 1.29 is 14.4 Å². The topological polar surface area (TPSA) is 46.6 Å². The molecule has 100 valence electrons. The molecule has 0 saturated heterocycles. The van der Waals surface area contributed by atoms with Crippen molar-refractivity contribution >= 4 is 11.8 Å². The average Bonchev–Trinajstić information content (AvgIpc) is 2.74. The third-order valence-corrected chi connectivity index (χ3v) is 3.29. The Morgan fingerprint density at radius 1 is 0.850 bits per heavy atom. The summed E-state index contributed by atoms with van der Waals surface area (Å²) < 4.78 is 0. The molecular formula is C16H13NO3. The van der Waals surface area contributed by atoms with E-state index in [0.717, 1.165) is 10.6 Å². The van der Waals surface area contributed by atoms with Gasteiger partial charge in [-0.15, -0.1) is 5.06 Å². The van der Waals surface area contributed by atoms with Crippen molar-refractivity contribution in [1.29, 1.82) is 0 Å². The maximum atomic E-state index is 12.2. The fourth-order valence-corrected chi connectivity index (χ4v) is 2.21. The normalized spacial score (nSPS) is 15.3. The van der Waals surface area contributed by atoms with Crippen molar-refractivity contribution in [2.75, 3.05) is 0 Å². The van der Waals surface area contributed by atoms with Crippen molar-refractivity contribution in [2.24, 2.45) is 0 Å². The van der Waals surface area contributed by atoms with Gasteiger partial charge in [-0.25, -0.2) is 0 Å². The van der Waals surface area contributed by atoms with Crippen molar-refractivity contribution in [1.82, 2.24) is 5.06 Å². The number of carbonyl (C=O) groups is 2. The molecule has 2 amide bonds. The van der Waals surface area contributed by atoms with Gasteiger partial charge in [0.1, 0.15) is 6.10 Å². The Morgan fingerprint density at radius 3 is 1.90 bits per heavy atom. The van der Waals surface area contributed by atoms with Crippen LogP contribution in [-0.2, 0) is 4.84 Å². The second-order valence-electron chi connectivity index (χ2n) is 4.61. The first kappa shape index (κ1) is 12.6. The zero-order valence-electron chi connectivity index (χ0n) is 10.9. The lowest BCUT2D eigenvalue weighted by Crippen LogP contribution is -2.31. The number of benzene rings is 2. The Kier molecular flexibility index (Phi) is 3.08. The van der Waals surface area contributed by atoms with Crippen molar-refractivity contribution in [3.05, 3.63) is 71.3 Å². The highest BCUT2D eigenvalue weighted by Gasteiger charge is 2.37. The smallest absolute Gasteiger partial charge is 0.266 e. The zero-order valence-corrected chi connectivity index (χ0v) is 10.9. The molecule has 0 bridgehead atoms. The molecule has 4 heteroatoms. The lowest BCUT2D eigenvalue weighted by atomic mass is 10.1. The summed E-state index contributed by atoms with van der Waals surface area (Å²) in [5.41, 5.74) is 1.68. The van der Waals surface area contributed by atoms with Gasteiger partial charge in [0.05, 0.1) is 11.1 Å². The highest BCUT2D eigenvalue weighted by Crippen LogP contribution is 2.26. The number of imide groups is 1. The molecule has 0 N–H and O–H groups in total. The molecule has 0 spiro atoms. The van der Waals surface area contributed by atoms with Crippen molar-refractivity contribution in [3.8, 4) is 0 Å². The number of fused-ring (bicyclic) bond motifs is 1. The molecular weight excluding hydrogens is 254 g/mol. The van der Waals surface area contributed by atoms with Crippen LogP contribution < -0.4 is 0 Å². The number of hydrogen-bond donors (Lipinski definition) is 0. The minimum Gasteiger partial charge on any atom is -0.266 e. The molecule has 20 heavy (non-hydrogen) atoms. The van der Waals surface area contributed by atoms with Crippen LogP contribution in [0.2, 0.25) is 0 Å². The maximum absolute atomic E-state index is 12.2. The van der Waals surface area contributed by atoms with E-state index < -0.39 is 11.8 Å². The Morgan fingerprint density at radius 2 is 1.35 bits per heavy atom. The molecule has 4 nitrogen and oxygen atoms in total. The van der Waals surface area contributed by atoms with Gasteiger partial charge in [0.15, 0.2) is 0 Å². The molecule has 0 saturated carbocycles. The van der Waals surface area contributed by atoms with Gasteiger partial charge >= 0.3 is 0 Å². The van der Waals surface area contributed by atoms with Gasteiger partial charge in [0, 0.05) is 0 Å². The standard InChI is InChI=1S/C16H13NO3/c1-11(12-7-3-2-4-8-12)20-17-15(18)13-9-5-6-10-14(13)16(17)19/h2-11H,1H3/t11-/m1/s1. The number of nitrogens with zero attached hydrogens (tertiary/aromatic N) is 1. The van der Waals surface area contributed by atoms with E-state index in [1.165, 1.54) is 0 Å². The fraction of sp³-hybridized carbons (Fsp3) is 0.125. The average molecular weight is 267 g/mol. The molecule has 2 aromatic rings. The Hall–Kier alpha value is -2.46. The van der Waals surface area contributed by atoms with Crippen LogP contribution in [0.25, 0.3) is 0 Å². The summed E-state index contributed by atoms with van der Waals surface area (Å²) in [5.74, 6) is -0.818. The van der Waals surface area contributed by atoms with E-state index in [4.69, 9.17) is 4.84 Å². The van der Waals surface area contributed by atoms with Gasteiger partial charge in [-0.2, -0.15) is 0 Å². The highest BCUT2D eigenvalue weighted by atomic mass is 16.7. The van der Waals surface area contributed by atoms with Gasteiger partial charge in [0.2, 0.25) is 0 Å². The van der Waals surface area contributed by atoms with Crippen LogP contribution in [0.5, 0.6) is 0 Å². The van der Waals surface area contributed by atoms with Gasteiger partial charge in [-0.1, -0.05) is 42.5 Å². The van der Waals surface area contributed by atoms with E-state index in [-0.39, 0.29) is 6.10 Å². The van der Waals surface area contributed by atoms with E-state index >= 15 is 0 Å². The monoisotopic (exact) mass is 267 g/mol. The molecule has 1 aliphatic heterocycles. The van der Waals surface area contributed by atoms with Crippen LogP contribution in [0.3, 0.4) is 0 Å². The molecule has 0 fully saturated rings. The third-order valence-electron chi connectivity index (χ3n) is 3.29. The molecule has 1 heterocycles. The van der Waals surface area contributed by atoms with E-state index in [1.807, 2.05) is 30.3 Å². The van der Waals surface area contributed by atoms with E-state index in [1.54, 1.807) is 31.2 Å². The summed E-state index contributed by atoms with van der Waals surface area (Å²) in [4.78, 5) is 29.8. The number of hydrogen-bond acceptors (Lipinski definition) is 3. The van der Waals surface area contributed by atoms with Crippen molar-refractivity contribution in [3.63, 3.8) is 0 Å². The number of carbonyl (C=O) groups excluding carboxylic acids is 2. The SMILES string of the molecule is C[C@@H](ON1C(=O)c2ccccc2C1=O)c1ccccc1. The third kappa shape index (κ3) is 2.00. The highest BCUT2D eigenvalue weighted by molar-refractivity contribution is 6.20. The summed E-state index contributed by atoms with van der Waals surface area (Å²) >= 11 is 0. The molecule has 2 aromatic carbocycles. The zero-order chi connectivity index (χ0) is 14.1. The molecule has 1 aliphatic rings. The second-order valence-corrected chi connectivity index (χ2v) is 4.61. The summed E-state index contributed by atoms with van der Waals surface area (Å²) in [6, 6.07) is 16.2. The summed E-state index contributed by atoms with van der Waals surface area (Å²) in [6.07, 6.45) is -0.376. The van der Waals surface area contributed by atoms with Gasteiger partial charge < -0.3 is 0 Å². The van der Waals surface area contributed by atoms with Crippen LogP contribution in [0.15, 0.2) is 54.6 Å². The molecule has 0 unspecified atom stereocenters. The predicted octanol–water partition coefficient (Wildman–Crippen LogP) is 2.98. The number of amides is 2. The van der Waals surface area contributed by atoms with Crippen LogP contribution in [-0.4, -0.2) is 16.9 Å².